The van der Waals surface area contributed by atoms with Gasteiger partial charge in [0, 0.05) is 37.4 Å². The molecule has 2 aromatic carbocycles. The van der Waals surface area contributed by atoms with Gasteiger partial charge in [-0.3, -0.25) is 0 Å². The molecule has 2 aromatic rings. The van der Waals surface area contributed by atoms with Crippen LogP contribution in [0, 0.1) is 0 Å². The van der Waals surface area contributed by atoms with Gasteiger partial charge < -0.3 is 19.7 Å². The number of hydrogen-bond acceptors (Lipinski definition) is 4. The molecule has 0 aromatic heterocycles. The van der Waals surface area contributed by atoms with E-state index < -0.39 is 24.2 Å². The lowest BCUT2D eigenvalue weighted by molar-refractivity contribution is -0.276. The third-order valence-corrected chi connectivity index (χ3v) is 4.62. The van der Waals surface area contributed by atoms with Crippen LogP contribution in [-0.4, -0.2) is 31.9 Å². The van der Waals surface area contributed by atoms with E-state index >= 15 is 0 Å². The maximum Gasteiger partial charge on any atom is 0.573 e. The number of halogens is 6. The Morgan fingerprint density at radius 1 is 0.833 bits per heavy atom. The zero-order valence-corrected chi connectivity index (χ0v) is 15.8. The topological polar surface area (TPSA) is 33.7 Å². The number of piperidine rings is 1. The highest BCUT2D eigenvalue weighted by atomic mass is 19.4. The van der Waals surface area contributed by atoms with Crippen molar-refractivity contribution in [3.8, 4) is 11.5 Å². The van der Waals surface area contributed by atoms with Gasteiger partial charge in [-0.15, -0.1) is 26.3 Å². The number of ether oxygens (including phenoxy) is 2. The highest BCUT2D eigenvalue weighted by Gasteiger charge is 2.34. The molecule has 0 atom stereocenters. The molecule has 0 saturated carbocycles. The molecule has 0 radical (unpaired) electrons. The third-order valence-electron chi connectivity index (χ3n) is 4.62. The minimum absolute atomic E-state index is 0.0826. The van der Waals surface area contributed by atoms with E-state index in [1.807, 2.05) is 30.3 Å². The largest absolute Gasteiger partial charge is 0.573 e. The van der Waals surface area contributed by atoms with Crippen LogP contribution < -0.4 is 19.7 Å². The molecule has 0 amide bonds. The summed E-state index contributed by atoms with van der Waals surface area (Å²) in [6.45, 7) is 1.67. The number of hydrogen-bond donors (Lipinski definition) is 1. The molecule has 0 aliphatic carbocycles. The number of nitrogens with one attached hydrogen (secondary N) is 1. The van der Waals surface area contributed by atoms with Crippen LogP contribution in [0.1, 0.15) is 18.4 Å². The Kier molecular flexibility index (Phi) is 6.64. The second-order valence-electron chi connectivity index (χ2n) is 6.89. The highest BCUT2D eigenvalue weighted by molar-refractivity contribution is 5.46. The standard InChI is InChI=1S/C20H20F6N2O2/c21-19(22,23)29-17-10-14(11-18(12-17)30-20(24,25)26)13-27-15-6-8-28(9-7-15)16-4-2-1-3-5-16/h1-5,10-12,15,27H,6-9,13H2. The van der Waals surface area contributed by atoms with Crippen molar-refractivity contribution in [2.75, 3.05) is 18.0 Å². The molecule has 1 N–H and O–H groups in total. The van der Waals surface area contributed by atoms with E-state index in [0.717, 1.165) is 43.8 Å². The van der Waals surface area contributed by atoms with E-state index in [1.165, 1.54) is 0 Å². The first kappa shape index (κ1) is 22.1. The third kappa shape index (κ3) is 7.01. The zero-order chi connectivity index (χ0) is 21.8. The summed E-state index contributed by atoms with van der Waals surface area (Å²) >= 11 is 0. The van der Waals surface area contributed by atoms with Crippen molar-refractivity contribution in [2.45, 2.75) is 38.2 Å². The summed E-state index contributed by atoms with van der Waals surface area (Å²) < 4.78 is 82.5. The molecular weight excluding hydrogens is 414 g/mol. The summed E-state index contributed by atoms with van der Waals surface area (Å²) in [7, 11) is 0. The smallest absolute Gasteiger partial charge is 0.406 e. The predicted molar refractivity (Wildman–Crippen MR) is 98.3 cm³/mol. The van der Waals surface area contributed by atoms with Gasteiger partial charge in [0.2, 0.25) is 0 Å². The number of nitrogens with zero attached hydrogens (tertiary/aromatic N) is 1. The molecule has 1 fully saturated rings. The van der Waals surface area contributed by atoms with Crippen LogP contribution in [0.25, 0.3) is 0 Å². The first-order valence-corrected chi connectivity index (χ1v) is 9.26. The van der Waals surface area contributed by atoms with Crippen LogP contribution in [0.15, 0.2) is 48.5 Å². The van der Waals surface area contributed by atoms with Crippen molar-refractivity contribution in [3.05, 3.63) is 54.1 Å². The lowest BCUT2D eigenvalue weighted by Gasteiger charge is -2.34. The average molecular weight is 434 g/mol. The molecule has 10 heteroatoms. The first-order valence-electron chi connectivity index (χ1n) is 9.26. The Bertz CT molecular complexity index is 784. The molecule has 0 unspecified atom stereocenters. The minimum Gasteiger partial charge on any atom is -0.406 e. The molecule has 30 heavy (non-hydrogen) atoms. The fourth-order valence-corrected chi connectivity index (χ4v) is 3.36. The van der Waals surface area contributed by atoms with Gasteiger partial charge in [-0.05, 0) is 42.7 Å². The first-order chi connectivity index (χ1) is 14.1. The van der Waals surface area contributed by atoms with Crippen molar-refractivity contribution in [3.63, 3.8) is 0 Å². The van der Waals surface area contributed by atoms with Crippen LogP contribution in [0.2, 0.25) is 0 Å². The van der Waals surface area contributed by atoms with Gasteiger partial charge in [-0.1, -0.05) is 18.2 Å². The Hall–Kier alpha value is -2.62. The predicted octanol–water partition coefficient (Wildman–Crippen LogP) is 5.24. The van der Waals surface area contributed by atoms with Crippen LogP contribution in [0.5, 0.6) is 11.5 Å². The van der Waals surface area contributed by atoms with Crippen molar-refractivity contribution >= 4 is 5.69 Å². The molecule has 1 heterocycles. The van der Waals surface area contributed by atoms with Crippen LogP contribution in [-0.2, 0) is 6.54 Å². The number of rotatable bonds is 6. The summed E-state index contributed by atoms with van der Waals surface area (Å²) in [5, 5.41) is 3.19. The summed E-state index contributed by atoms with van der Waals surface area (Å²) in [6, 6.07) is 12.6. The van der Waals surface area contributed by atoms with E-state index in [-0.39, 0.29) is 18.2 Å². The fraction of sp³-hybridized carbons (Fsp3) is 0.400. The quantitative estimate of drug-likeness (QED) is 0.631. The maximum atomic E-state index is 12.5. The van der Waals surface area contributed by atoms with Crippen molar-refractivity contribution in [2.24, 2.45) is 0 Å². The van der Waals surface area contributed by atoms with Gasteiger partial charge in [-0.2, -0.15) is 0 Å². The summed E-state index contributed by atoms with van der Waals surface area (Å²) in [6.07, 6.45) is -8.46. The van der Waals surface area contributed by atoms with E-state index in [2.05, 4.69) is 19.7 Å². The normalized spacial score (nSPS) is 15.9. The van der Waals surface area contributed by atoms with Gasteiger partial charge in [0.15, 0.2) is 0 Å². The van der Waals surface area contributed by atoms with Gasteiger partial charge >= 0.3 is 12.7 Å². The second-order valence-corrected chi connectivity index (χ2v) is 6.89. The zero-order valence-electron chi connectivity index (χ0n) is 15.8. The molecule has 0 spiro atoms. The molecule has 164 valence electrons. The molecule has 1 aliphatic rings. The van der Waals surface area contributed by atoms with Crippen LogP contribution >= 0.6 is 0 Å². The Morgan fingerprint density at radius 2 is 1.37 bits per heavy atom. The highest BCUT2D eigenvalue weighted by Crippen LogP contribution is 2.31. The number of para-hydroxylation sites is 1. The van der Waals surface area contributed by atoms with Crippen LogP contribution in [0.4, 0.5) is 32.0 Å². The number of alkyl halides is 6. The SMILES string of the molecule is FC(F)(F)Oc1cc(CNC2CCN(c3ccccc3)CC2)cc(OC(F)(F)F)c1. The molecular formula is C20H20F6N2O2. The fourth-order valence-electron chi connectivity index (χ4n) is 3.36. The van der Waals surface area contributed by atoms with E-state index in [9.17, 15) is 26.3 Å². The molecule has 1 aliphatic heterocycles. The summed E-state index contributed by atoms with van der Waals surface area (Å²) in [5.74, 6) is -1.53. The minimum atomic E-state index is -5.02. The maximum absolute atomic E-state index is 12.5. The summed E-state index contributed by atoms with van der Waals surface area (Å²) in [4.78, 5) is 2.23. The van der Waals surface area contributed by atoms with Gasteiger partial charge in [0.05, 0.1) is 0 Å². The van der Waals surface area contributed by atoms with E-state index in [1.54, 1.807) is 0 Å². The Labute approximate surface area is 169 Å². The monoisotopic (exact) mass is 434 g/mol. The van der Waals surface area contributed by atoms with Crippen molar-refractivity contribution in [1.29, 1.82) is 0 Å². The number of benzene rings is 2. The van der Waals surface area contributed by atoms with Gasteiger partial charge in [0.1, 0.15) is 11.5 Å². The summed E-state index contributed by atoms with van der Waals surface area (Å²) in [5.41, 5.74) is 1.31. The molecule has 3 rings (SSSR count). The van der Waals surface area contributed by atoms with E-state index in [4.69, 9.17) is 0 Å². The van der Waals surface area contributed by atoms with Crippen molar-refractivity contribution in [1.82, 2.24) is 5.32 Å². The lowest BCUT2D eigenvalue weighted by Crippen LogP contribution is -2.42. The molecule has 1 saturated heterocycles. The molecule has 0 bridgehead atoms. The Morgan fingerprint density at radius 3 is 1.87 bits per heavy atom. The second kappa shape index (κ2) is 9.03. The molecule has 4 nitrogen and oxygen atoms in total. The lowest BCUT2D eigenvalue weighted by atomic mass is 10.0. The van der Waals surface area contributed by atoms with Crippen molar-refractivity contribution < 1.29 is 35.8 Å². The van der Waals surface area contributed by atoms with Gasteiger partial charge in [0.25, 0.3) is 0 Å². The number of anilines is 1. The average Bonchev–Trinajstić information content (AvgIpc) is 2.64. The van der Waals surface area contributed by atoms with E-state index in [0.29, 0.717) is 6.07 Å². The van der Waals surface area contributed by atoms with Gasteiger partial charge in [-0.25, -0.2) is 0 Å². The van der Waals surface area contributed by atoms with Crippen LogP contribution in [0.3, 0.4) is 0 Å². The Balaban J connectivity index is 1.61.